The highest BCUT2D eigenvalue weighted by atomic mass is 35.5. The molecule has 0 radical (unpaired) electrons. The number of aliphatic hydroxyl groups excluding tert-OH is 1. The van der Waals surface area contributed by atoms with Crippen molar-refractivity contribution in [2.45, 2.75) is 17.3 Å². The highest BCUT2D eigenvalue weighted by Crippen LogP contribution is 2.30. The predicted octanol–water partition coefficient (Wildman–Crippen LogP) is 4.03. The van der Waals surface area contributed by atoms with Crippen molar-refractivity contribution in [2.75, 3.05) is 0 Å². The Balaban J connectivity index is 2.16. The van der Waals surface area contributed by atoms with Gasteiger partial charge >= 0.3 is 0 Å². The van der Waals surface area contributed by atoms with E-state index < -0.39 is 4.92 Å². The second-order valence-corrected chi connectivity index (χ2v) is 5.61. The molecule has 0 fully saturated rings. The summed E-state index contributed by atoms with van der Waals surface area (Å²) in [6, 6.07) is 12.1. The molecule has 0 unspecified atom stereocenters. The molecule has 1 N–H and O–H groups in total. The largest absolute Gasteiger partial charge is 0.392 e. The summed E-state index contributed by atoms with van der Waals surface area (Å²) >= 11 is 7.26. The van der Waals surface area contributed by atoms with Crippen LogP contribution in [-0.4, -0.2) is 10.0 Å². The molecule has 2 rings (SSSR count). The molecular formula is C14H12ClNO3S. The quantitative estimate of drug-likeness (QED) is 0.514. The van der Waals surface area contributed by atoms with Gasteiger partial charge in [0.1, 0.15) is 0 Å². The summed E-state index contributed by atoms with van der Waals surface area (Å²) in [5, 5.41) is 20.4. The van der Waals surface area contributed by atoms with Gasteiger partial charge in [-0.1, -0.05) is 23.7 Å². The van der Waals surface area contributed by atoms with Crippen LogP contribution in [0.1, 0.15) is 11.1 Å². The summed E-state index contributed by atoms with van der Waals surface area (Å²) < 4.78 is 0. The number of nitrogens with zero attached hydrogens (tertiary/aromatic N) is 1. The molecule has 4 nitrogen and oxygen atoms in total. The van der Waals surface area contributed by atoms with Crippen LogP contribution in [0.2, 0.25) is 5.02 Å². The molecule has 0 aliphatic heterocycles. The number of rotatable bonds is 5. The smallest absolute Gasteiger partial charge is 0.274 e. The molecule has 0 atom stereocenters. The fourth-order valence-corrected chi connectivity index (χ4v) is 2.87. The maximum Gasteiger partial charge on any atom is 0.274 e. The first-order chi connectivity index (χ1) is 9.60. The topological polar surface area (TPSA) is 63.4 Å². The first-order valence-electron chi connectivity index (χ1n) is 5.85. The van der Waals surface area contributed by atoms with E-state index in [1.54, 1.807) is 12.1 Å². The van der Waals surface area contributed by atoms with E-state index >= 15 is 0 Å². The van der Waals surface area contributed by atoms with Crippen molar-refractivity contribution in [1.29, 1.82) is 0 Å². The number of halogens is 1. The van der Waals surface area contributed by atoms with Crippen LogP contribution in [0.5, 0.6) is 0 Å². The molecule has 0 saturated heterocycles. The molecule has 2 aromatic rings. The molecule has 0 bridgehead atoms. The van der Waals surface area contributed by atoms with Crippen LogP contribution >= 0.6 is 23.4 Å². The second-order valence-electron chi connectivity index (χ2n) is 4.12. The Labute approximate surface area is 125 Å². The first kappa shape index (κ1) is 14.8. The van der Waals surface area contributed by atoms with Gasteiger partial charge in [0.2, 0.25) is 0 Å². The van der Waals surface area contributed by atoms with Crippen LogP contribution in [0.4, 0.5) is 5.69 Å². The number of nitro groups is 1. The summed E-state index contributed by atoms with van der Waals surface area (Å²) in [7, 11) is 0. The summed E-state index contributed by atoms with van der Waals surface area (Å²) in [6.07, 6.45) is 0. The Morgan fingerprint density at radius 1 is 1.25 bits per heavy atom. The third kappa shape index (κ3) is 3.72. The molecule has 104 valence electrons. The van der Waals surface area contributed by atoms with E-state index in [0.717, 1.165) is 10.5 Å². The molecule has 6 heteroatoms. The maximum absolute atomic E-state index is 11.0. The Kier molecular flexibility index (Phi) is 5.00. The lowest BCUT2D eigenvalue weighted by Gasteiger charge is -2.05. The van der Waals surface area contributed by atoms with Crippen LogP contribution in [0.25, 0.3) is 0 Å². The lowest BCUT2D eigenvalue weighted by atomic mass is 10.2. The van der Waals surface area contributed by atoms with Crippen LogP contribution in [0.3, 0.4) is 0 Å². The zero-order chi connectivity index (χ0) is 14.5. The first-order valence-corrected chi connectivity index (χ1v) is 7.22. The van der Waals surface area contributed by atoms with Crippen molar-refractivity contribution in [3.8, 4) is 0 Å². The molecular weight excluding hydrogens is 298 g/mol. The van der Waals surface area contributed by atoms with Crippen molar-refractivity contribution < 1.29 is 10.0 Å². The molecule has 0 heterocycles. The molecule has 0 spiro atoms. The molecule has 20 heavy (non-hydrogen) atoms. The third-order valence-electron chi connectivity index (χ3n) is 2.72. The van der Waals surface area contributed by atoms with Crippen LogP contribution in [-0.2, 0) is 12.4 Å². The van der Waals surface area contributed by atoms with Gasteiger partial charge < -0.3 is 5.11 Å². The summed E-state index contributed by atoms with van der Waals surface area (Å²) in [5.74, 6) is 0.475. The minimum Gasteiger partial charge on any atom is -0.392 e. The summed E-state index contributed by atoms with van der Waals surface area (Å²) in [6.45, 7) is -0.0184. The molecule has 0 aromatic heterocycles. The minimum atomic E-state index is -0.425. The van der Waals surface area contributed by atoms with Gasteiger partial charge in [-0.25, -0.2) is 0 Å². The van der Waals surface area contributed by atoms with Crippen molar-refractivity contribution >= 4 is 29.1 Å². The third-order valence-corrected chi connectivity index (χ3v) is 4.00. The number of thioether (sulfide) groups is 1. The Morgan fingerprint density at radius 2 is 2.05 bits per heavy atom. The fraction of sp³-hybridized carbons (Fsp3) is 0.143. The average molecular weight is 310 g/mol. The molecule has 0 aliphatic rings. The summed E-state index contributed by atoms with van der Waals surface area (Å²) in [4.78, 5) is 11.5. The normalized spacial score (nSPS) is 10.5. The molecule has 2 aromatic carbocycles. The van der Waals surface area contributed by atoms with E-state index in [1.807, 2.05) is 24.3 Å². The minimum absolute atomic E-state index is 0.0184. The Bertz CT molecular complexity index is 634. The van der Waals surface area contributed by atoms with Gasteiger partial charge in [0, 0.05) is 27.3 Å². The van der Waals surface area contributed by atoms with Crippen molar-refractivity contribution in [1.82, 2.24) is 0 Å². The number of hydrogen-bond donors (Lipinski definition) is 1. The van der Waals surface area contributed by atoms with E-state index in [4.69, 9.17) is 16.7 Å². The van der Waals surface area contributed by atoms with Crippen molar-refractivity contribution in [3.05, 3.63) is 68.7 Å². The SMILES string of the molecule is O=[N+]([O-])c1cc(Cl)ccc1CSc1cccc(CO)c1. The molecule has 0 saturated carbocycles. The Morgan fingerprint density at radius 3 is 2.75 bits per heavy atom. The van der Waals surface area contributed by atoms with E-state index in [1.165, 1.54) is 17.8 Å². The second kappa shape index (κ2) is 6.74. The number of aliphatic hydroxyl groups is 1. The zero-order valence-corrected chi connectivity index (χ0v) is 12.0. The number of hydrogen-bond acceptors (Lipinski definition) is 4. The van der Waals surface area contributed by atoms with E-state index in [2.05, 4.69) is 0 Å². The lowest BCUT2D eigenvalue weighted by Crippen LogP contribution is -1.94. The van der Waals surface area contributed by atoms with Crippen molar-refractivity contribution in [2.24, 2.45) is 0 Å². The molecule has 0 amide bonds. The fourth-order valence-electron chi connectivity index (χ4n) is 1.72. The highest BCUT2D eigenvalue weighted by molar-refractivity contribution is 7.98. The van der Waals surface area contributed by atoms with Gasteiger partial charge in [0.25, 0.3) is 5.69 Å². The van der Waals surface area contributed by atoms with Gasteiger partial charge in [-0.15, -0.1) is 11.8 Å². The van der Waals surface area contributed by atoms with Gasteiger partial charge in [0.05, 0.1) is 11.5 Å². The van der Waals surface area contributed by atoms with Gasteiger partial charge in [-0.3, -0.25) is 10.1 Å². The van der Waals surface area contributed by atoms with E-state index in [9.17, 15) is 10.1 Å². The average Bonchev–Trinajstić information content (AvgIpc) is 2.46. The van der Waals surface area contributed by atoms with Gasteiger partial charge in [-0.2, -0.15) is 0 Å². The number of benzene rings is 2. The predicted molar refractivity (Wildman–Crippen MR) is 80.0 cm³/mol. The van der Waals surface area contributed by atoms with Crippen LogP contribution < -0.4 is 0 Å². The van der Waals surface area contributed by atoms with Gasteiger partial charge in [-0.05, 0) is 29.8 Å². The molecule has 0 aliphatic carbocycles. The van der Waals surface area contributed by atoms with Crippen molar-refractivity contribution in [3.63, 3.8) is 0 Å². The van der Waals surface area contributed by atoms with E-state index in [0.29, 0.717) is 16.3 Å². The highest BCUT2D eigenvalue weighted by Gasteiger charge is 2.14. The van der Waals surface area contributed by atoms with Gasteiger partial charge in [0.15, 0.2) is 0 Å². The Hall–Kier alpha value is -1.56. The van der Waals surface area contributed by atoms with Crippen LogP contribution in [0, 0.1) is 10.1 Å². The lowest BCUT2D eigenvalue weighted by molar-refractivity contribution is -0.385. The van der Waals surface area contributed by atoms with E-state index in [-0.39, 0.29) is 12.3 Å². The maximum atomic E-state index is 11.0. The monoisotopic (exact) mass is 309 g/mol. The summed E-state index contributed by atoms with van der Waals surface area (Å²) in [5.41, 5.74) is 1.47. The zero-order valence-electron chi connectivity index (χ0n) is 10.5. The van der Waals surface area contributed by atoms with Crippen LogP contribution in [0.15, 0.2) is 47.4 Å². The number of nitro benzene ring substituents is 1. The standard InChI is InChI=1S/C14H12ClNO3S/c15-12-5-4-11(14(7-12)16(18)19)9-20-13-3-1-2-10(6-13)8-17/h1-7,17H,8-9H2.